The summed E-state index contributed by atoms with van der Waals surface area (Å²) in [5, 5.41) is 3.95. The number of amides is 2. The Kier molecular flexibility index (Phi) is 8.07. The van der Waals surface area contributed by atoms with Gasteiger partial charge in [-0.15, -0.1) is 0 Å². The lowest BCUT2D eigenvalue weighted by atomic mass is 10.1. The highest BCUT2D eigenvalue weighted by Crippen LogP contribution is 2.30. The van der Waals surface area contributed by atoms with E-state index in [1.807, 2.05) is 41.8 Å². The summed E-state index contributed by atoms with van der Waals surface area (Å²) in [5.41, 5.74) is 2.57. The molecule has 0 saturated carbocycles. The zero-order chi connectivity index (χ0) is 24.8. The summed E-state index contributed by atoms with van der Waals surface area (Å²) in [7, 11) is 1.59. The highest BCUT2D eigenvalue weighted by molar-refractivity contribution is 5.92. The average molecular weight is 483 g/mol. The molecule has 0 bridgehead atoms. The maximum absolute atomic E-state index is 12.7. The summed E-state index contributed by atoms with van der Waals surface area (Å²) in [4.78, 5) is 31.0. The molecule has 35 heavy (non-hydrogen) atoms. The maximum Gasteiger partial charge on any atom is 0.246 e. The number of likely N-dealkylation sites (tertiary alicyclic amines) is 1. The number of nitrogens with zero attached hydrogens (tertiary/aromatic N) is 4. The van der Waals surface area contributed by atoms with Crippen LogP contribution in [0.25, 0.3) is 6.08 Å². The minimum Gasteiger partial charge on any atom is -0.493 e. The lowest BCUT2D eigenvalue weighted by Gasteiger charge is -2.34. The molecule has 2 aromatic rings. The normalized spacial score (nSPS) is 16.8. The Balaban J connectivity index is 1.28. The van der Waals surface area contributed by atoms with Crippen LogP contribution in [0.2, 0.25) is 0 Å². The van der Waals surface area contributed by atoms with Gasteiger partial charge in [0.25, 0.3) is 0 Å². The van der Waals surface area contributed by atoms with Gasteiger partial charge < -0.3 is 23.8 Å². The summed E-state index contributed by atoms with van der Waals surface area (Å²) >= 11 is 0. The van der Waals surface area contributed by atoms with Crippen LogP contribution < -0.4 is 9.47 Å². The van der Waals surface area contributed by atoms with Gasteiger partial charge >= 0.3 is 0 Å². The Bertz CT molecular complexity index is 1050. The smallest absolute Gasteiger partial charge is 0.246 e. The zero-order valence-electron chi connectivity index (χ0n) is 20.8. The third kappa shape index (κ3) is 6.22. The molecule has 9 nitrogen and oxygen atoms in total. The predicted octanol–water partition coefficient (Wildman–Crippen LogP) is 2.66. The molecule has 1 aromatic heterocycles. The molecule has 2 aliphatic rings. The lowest BCUT2D eigenvalue weighted by molar-refractivity contribution is -0.132. The van der Waals surface area contributed by atoms with Crippen molar-refractivity contribution in [2.24, 2.45) is 0 Å². The van der Waals surface area contributed by atoms with E-state index in [-0.39, 0.29) is 11.8 Å². The van der Waals surface area contributed by atoms with Gasteiger partial charge in [-0.1, -0.05) is 11.2 Å². The summed E-state index contributed by atoms with van der Waals surface area (Å²) in [5.74, 6) is 2.10. The van der Waals surface area contributed by atoms with Crippen molar-refractivity contribution in [3.05, 3.63) is 46.9 Å². The van der Waals surface area contributed by atoms with E-state index in [9.17, 15) is 9.59 Å². The largest absolute Gasteiger partial charge is 0.493 e. The molecule has 0 atom stereocenters. The molecule has 2 saturated heterocycles. The van der Waals surface area contributed by atoms with Gasteiger partial charge in [0.1, 0.15) is 12.4 Å². The van der Waals surface area contributed by atoms with E-state index in [0.717, 1.165) is 48.5 Å². The SMILES string of the molecule is COc1cc(/C=C/C(=O)N2CCN(CC(=O)N3CCCC3)CC2)ccc1OCc1c(C)noc1C. The van der Waals surface area contributed by atoms with Crippen molar-refractivity contribution in [1.29, 1.82) is 0 Å². The predicted molar refractivity (Wildman–Crippen MR) is 131 cm³/mol. The van der Waals surface area contributed by atoms with Crippen LogP contribution in [-0.4, -0.2) is 84.6 Å². The first-order chi connectivity index (χ1) is 16.9. The summed E-state index contributed by atoms with van der Waals surface area (Å²) in [6, 6.07) is 5.56. The molecule has 9 heteroatoms. The Hall–Kier alpha value is -3.33. The summed E-state index contributed by atoms with van der Waals surface area (Å²) in [6.45, 7) is 8.93. The van der Waals surface area contributed by atoms with Crippen LogP contribution in [0.5, 0.6) is 11.5 Å². The second-order valence-electron chi connectivity index (χ2n) is 9.02. The fourth-order valence-electron chi connectivity index (χ4n) is 4.42. The van der Waals surface area contributed by atoms with Crippen molar-refractivity contribution >= 4 is 17.9 Å². The molecule has 0 unspecified atom stereocenters. The molecular weight excluding hydrogens is 448 g/mol. The Labute approximate surface area is 206 Å². The highest BCUT2D eigenvalue weighted by atomic mass is 16.5. The second kappa shape index (κ2) is 11.4. The molecule has 0 N–H and O–H groups in total. The van der Waals surface area contributed by atoms with Crippen molar-refractivity contribution in [3.8, 4) is 11.5 Å². The van der Waals surface area contributed by atoms with Crippen LogP contribution in [0.1, 0.15) is 35.4 Å². The van der Waals surface area contributed by atoms with E-state index in [0.29, 0.717) is 50.8 Å². The number of ether oxygens (including phenoxy) is 2. The standard InChI is InChI=1S/C26H34N4O5/c1-19-22(20(2)35-27-19)18-34-23-8-6-21(16-24(23)33-3)7-9-25(31)30-14-12-28(13-15-30)17-26(32)29-10-4-5-11-29/h6-9,16H,4-5,10-15,17-18H2,1-3H3/b9-7+. The van der Waals surface area contributed by atoms with Gasteiger partial charge in [0.15, 0.2) is 11.5 Å². The third-order valence-electron chi connectivity index (χ3n) is 6.66. The number of aromatic nitrogens is 1. The fourth-order valence-corrected chi connectivity index (χ4v) is 4.42. The van der Waals surface area contributed by atoms with Gasteiger partial charge in [-0.25, -0.2) is 0 Å². The number of aryl methyl sites for hydroxylation is 2. The Morgan fingerprint density at radius 2 is 1.77 bits per heavy atom. The van der Waals surface area contributed by atoms with Crippen LogP contribution in [-0.2, 0) is 16.2 Å². The number of carbonyl (C=O) groups excluding carboxylic acids is 2. The first kappa shape index (κ1) is 24.8. The first-order valence-electron chi connectivity index (χ1n) is 12.1. The van der Waals surface area contributed by atoms with Crippen molar-refractivity contribution in [3.63, 3.8) is 0 Å². The molecule has 0 spiro atoms. The van der Waals surface area contributed by atoms with Gasteiger partial charge in [0, 0.05) is 45.3 Å². The molecule has 2 amide bonds. The van der Waals surface area contributed by atoms with Crippen LogP contribution in [0, 0.1) is 13.8 Å². The van der Waals surface area contributed by atoms with Gasteiger partial charge in [-0.2, -0.15) is 0 Å². The average Bonchev–Trinajstić information content (AvgIpc) is 3.52. The molecular formula is C26H34N4O5. The fraction of sp³-hybridized carbons (Fsp3) is 0.500. The number of piperazine rings is 1. The molecule has 3 heterocycles. The third-order valence-corrected chi connectivity index (χ3v) is 6.66. The summed E-state index contributed by atoms with van der Waals surface area (Å²) < 4.78 is 16.6. The molecule has 2 aliphatic heterocycles. The van der Waals surface area contributed by atoms with E-state index in [1.54, 1.807) is 19.3 Å². The van der Waals surface area contributed by atoms with E-state index in [4.69, 9.17) is 14.0 Å². The van der Waals surface area contributed by atoms with Crippen molar-refractivity contribution in [2.45, 2.75) is 33.3 Å². The van der Waals surface area contributed by atoms with Gasteiger partial charge in [-0.05, 0) is 50.5 Å². The monoisotopic (exact) mass is 482 g/mol. The van der Waals surface area contributed by atoms with E-state index >= 15 is 0 Å². The zero-order valence-corrected chi connectivity index (χ0v) is 20.8. The van der Waals surface area contributed by atoms with Gasteiger partial charge in [-0.3, -0.25) is 14.5 Å². The van der Waals surface area contributed by atoms with Crippen LogP contribution >= 0.6 is 0 Å². The number of carbonyl (C=O) groups is 2. The molecule has 0 radical (unpaired) electrons. The van der Waals surface area contributed by atoms with Crippen LogP contribution in [0.4, 0.5) is 0 Å². The number of hydrogen-bond donors (Lipinski definition) is 0. The molecule has 0 aliphatic carbocycles. The van der Waals surface area contributed by atoms with E-state index in [2.05, 4.69) is 10.1 Å². The Morgan fingerprint density at radius 1 is 1.03 bits per heavy atom. The molecule has 4 rings (SSSR count). The quantitative estimate of drug-likeness (QED) is 0.535. The molecule has 2 fully saturated rings. The maximum atomic E-state index is 12.7. The summed E-state index contributed by atoms with van der Waals surface area (Å²) in [6.07, 6.45) is 5.57. The topological polar surface area (TPSA) is 88.4 Å². The number of methoxy groups -OCH3 is 1. The highest BCUT2D eigenvalue weighted by Gasteiger charge is 2.24. The van der Waals surface area contributed by atoms with Crippen molar-refractivity contribution in [2.75, 3.05) is 52.9 Å². The van der Waals surface area contributed by atoms with Gasteiger partial charge in [0.05, 0.1) is 24.9 Å². The minimum absolute atomic E-state index is 0.0341. The number of benzene rings is 1. The minimum atomic E-state index is -0.0341. The van der Waals surface area contributed by atoms with Crippen LogP contribution in [0.15, 0.2) is 28.8 Å². The van der Waals surface area contributed by atoms with E-state index < -0.39 is 0 Å². The second-order valence-corrected chi connectivity index (χ2v) is 9.02. The van der Waals surface area contributed by atoms with Crippen molar-refractivity contribution < 1.29 is 23.6 Å². The molecule has 1 aromatic carbocycles. The number of rotatable bonds is 8. The lowest BCUT2D eigenvalue weighted by Crippen LogP contribution is -2.51. The van der Waals surface area contributed by atoms with E-state index in [1.165, 1.54) is 0 Å². The Morgan fingerprint density at radius 3 is 2.43 bits per heavy atom. The van der Waals surface area contributed by atoms with Crippen molar-refractivity contribution in [1.82, 2.24) is 19.9 Å². The first-order valence-corrected chi connectivity index (χ1v) is 12.1. The van der Waals surface area contributed by atoms with Gasteiger partial charge in [0.2, 0.25) is 11.8 Å². The van der Waals surface area contributed by atoms with Crippen LogP contribution in [0.3, 0.4) is 0 Å². The number of hydrogen-bond acceptors (Lipinski definition) is 7. The molecule has 188 valence electrons.